The van der Waals surface area contributed by atoms with Gasteiger partial charge in [-0.1, -0.05) is 13.8 Å². The summed E-state index contributed by atoms with van der Waals surface area (Å²) in [5.74, 6) is -1.13. The average Bonchev–Trinajstić information content (AvgIpc) is 2.43. The number of amides is 1. The molecule has 0 bridgehead atoms. The molecule has 0 unspecified atom stereocenters. The van der Waals surface area contributed by atoms with Crippen LogP contribution in [0, 0.1) is 12.3 Å². The van der Waals surface area contributed by atoms with E-state index in [1.54, 1.807) is 26.2 Å². The number of nitrogens with one attached hydrogen (secondary N) is 1. The SMILES string of the molecule is CCC(CC)(CC(=O)NCc1ccncc1C)C(=O)O. The summed E-state index contributed by atoms with van der Waals surface area (Å²) < 4.78 is 0. The molecular weight excluding hydrogens is 256 g/mol. The van der Waals surface area contributed by atoms with E-state index in [1.165, 1.54) is 0 Å². The molecule has 1 heterocycles. The number of carboxylic acids is 1. The molecule has 0 aliphatic rings. The lowest BCUT2D eigenvalue weighted by Crippen LogP contribution is -2.36. The van der Waals surface area contributed by atoms with Crippen molar-refractivity contribution in [3.8, 4) is 0 Å². The number of pyridine rings is 1. The summed E-state index contributed by atoms with van der Waals surface area (Å²) in [4.78, 5) is 27.3. The zero-order valence-corrected chi connectivity index (χ0v) is 12.3. The second kappa shape index (κ2) is 7.03. The first kappa shape index (κ1) is 16.1. The van der Waals surface area contributed by atoms with Gasteiger partial charge in [-0.05, 0) is 37.0 Å². The van der Waals surface area contributed by atoms with E-state index in [1.807, 2.05) is 13.0 Å². The molecular formula is C15H22N2O3. The fourth-order valence-corrected chi connectivity index (χ4v) is 2.14. The van der Waals surface area contributed by atoms with Crippen LogP contribution in [-0.2, 0) is 16.1 Å². The van der Waals surface area contributed by atoms with Gasteiger partial charge < -0.3 is 10.4 Å². The Hall–Kier alpha value is -1.91. The highest BCUT2D eigenvalue weighted by Crippen LogP contribution is 2.30. The molecule has 0 radical (unpaired) electrons. The van der Waals surface area contributed by atoms with Crippen molar-refractivity contribution in [2.75, 3.05) is 0 Å². The van der Waals surface area contributed by atoms with E-state index in [0.29, 0.717) is 19.4 Å². The molecule has 0 saturated heterocycles. The molecule has 1 aromatic rings. The first-order chi connectivity index (χ1) is 9.45. The Labute approximate surface area is 119 Å². The van der Waals surface area contributed by atoms with Crippen LogP contribution in [0.2, 0.25) is 0 Å². The lowest BCUT2D eigenvalue weighted by molar-refractivity contribution is -0.152. The number of aryl methyl sites for hydroxylation is 1. The maximum absolute atomic E-state index is 12.0. The number of hydrogen-bond acceptors (Lipinski definition) is 3. The van der Waals surface area contributed by atoms with Gasteiger partial charge in [0.1, 0.15) is 0 Å². The number of aliphatic carboxylic acids is 1. The minimum Gasteiger partial charge on any atom is -0.481 e. The summed E-state index contributed by atoms with van der Waals surface area (Å²) in [6.07, 6.45) is 4.32. The summed E-state index contributed by atoms with van der Waals surface area (Å²) >= 11 is 0. The molecule has 0 saturated carbocycles. The van der Waals surface area contributed by atoms with Crippen LogP contribution in [0.25, 0.3) is 0 Å². The van der Waals surface area contributed by atoms with Crippen LogP contribution in [0.15, 0.2) is 18.5 Å². The normalized spacial score (nSPS) is 11.2. The predicted molar refractivity (Wildman–Crippen MR) is 76.1 cm³/mol. The molecule has 0 aliphatic carbocycles. The zero-order chi connectivity index (χ0) is 15.2. The maximum Gasteiger partial charge on any atom is 0.310 e. The van der Waals surface area contributed by atoms with Gasteiger partial charge in [-0.3, -0.25) is 14.6 Å². The van der Waals surface area contributed by atoms with Gasteiger partial charge in [-0.25, -0.2) is 0 Å². The summed E-state index contributed by atoms with van der Waals surface area (Å²) in [6.45, 7) is 5.93. The fraction of sp³-hybridized carbons (Fsp3) is 0.533. The van der Waals surface area contributed by atoms with Crippen LogP contribution in [0.3, 0.4) is 0 Å². The summed E-state index contributed by atoms with van der Waals surface area (Å²) in [7, 11) is 0. The second-order valence-electron chi connectivity index (χ2n) is 5.05. The molecule has 0 aliphatic heterocycles. The summed E-state index contributed by atoms with van der Waals surface area (Å²) in [6, 6.07) is 1.85. The van der Waals surface area contributed by atoms with Gasteiger partial charge in [0.2, 0.25) is 5.91 Å². The summed E-state index contributed by atoms with van der Waals surface area (Å²) in [5, 5.41) is 12.1. The van der Waals surface area contributed by atoms with E-state index in [9.17, 15) is 14.7 Å². The topological polar surface area (TPSA) is 79.3 Å². The second-order valence-corrected chi connectivity index (χ2v) is 5.05. The lowest BCUT2D eigenvalue weighted by atomic mass is 9.79. The molecule has 0 atom stereocenters. The third kappa shape index (κ3) is 3.79. The predicted octanol–water partition coefficient (Wildman–Crippen LogP) is 2.29. The Morgan fingerprint density at radius 1 is 1.35 bits per heavy atom. The van der Waals surface area contributed by atoms with Crippen molar-refractivity contribution in [3.05, 3.63) is 29.6 Å². The fourth-order valence-electron chi connectivity index (χ4n) is 2.14. The zero-order valence-electron chi connectivity index (χ0n) is 12.3. The molecule has 1 rings (SSSR count). The van der Waals surface area contributed by atoms with E-state index >= 15 is 0 Å². The minimum absolute atomic E-state index is 0.0134. The number of carboxylic acid groups (broad SMARTS) is 1. The first-order valence-electron chi connectivity index (χ1n) is 6.84. The molecule has 20 heavy (non-hydrogen) atoms. The van der Waals surface area contributed by atoms with Crippen LogP contribution in [0.4, 0.5) is 0 Å². The van der Waals surface area contributed by atoms with Gasteiger partial charge in [0.05, 0.1) is 5.41 Å². The Morgan fingerprint density at radius 2 is 2.00 bits per heavy atom. The molecule has 5 nitrogen and oxygen atoms in total. The Bertz CT molecular complexity index is 482. The van der Waals surface area contributed by atoms with Crippen molar-refractivity contribution in [3.63, 3.8) is 0 Å². The van der Waals surface area contributed by atoms with Crippen molar-refractivity contribution in [2.24, 2.45) is 5.41 Å². The number of hydrogen-bond donors (Lipinski definition) is 2. The van der Waals surface area contributed by atoms with E-state index < -0.39 is 11.4 Å². The third-order valence-corrected chi connectivity index (χ3v) is 3.92. The van der Waals surface area contributed by atoms with Crippen LogP contribution >= 0.6 is 0 Å². The standard InChI is InChI=1S/C15H22N2O3/c1-4-15(5-2,14(19)20)8-13(18)17-10-12-6-7-16-9-11(12)3/h6-7,9H,4-5,8,10H2,1-3H3,(H,17,18)(H,19,20). The van der Waals surface area contributed by atoms with E-state index in [-0.39, 0.29) is 12.3 Å². The van der Waals surface area contributed by atoms with Crippen molar-refractivity contribution < 1.29 is 14.7 Å². The Balaban J connectivity index is 2.64. The van der Waals surface area contributed by atoms with Gasteiger partial charge in [-0.2, -0.15) is 0 Å². The highest BCUT2D eigenvalue weighted by atomic mass is 16.4. The smallest absolute Gasteiger partial charge is 0.310 e. The highest BCUT2D eigenvalue weighted by Gasteiger charge is 2.36. The molecule has 0 aromatic carbocycles. The summed E-state index contributed by atoms with van der Waals surface area (Å²) in [5.41, 5.74) is 1.03. The molecule has 0 fully saturated rings. The van der Waals surface area contributed by atoms with Gasteiger partial charge >= 0.3 is 5.97 Å². The number of rotatable bonds is 7. The minimum atomic E-state index is -0.961. The monoisotopic (exact) mass is 278 g/mol. The van der Waals surface area contributed by atoms with Gasteiger partial charge in [0.15, 0.2) is 0 Å². The number of nitrogens with zero attached hydrogens (tertiary/aromatic N) is 1. The molecule has 5 heteroatoms. The van der Waals surface area contributed by atoms with Crippen molar-refractivity contribution in [1.29, 1.82) is 0 Å². The van der Waals surface area contributed by atoms with Crippen LogP contribution < -0.4 is 5.32 Å². The highest BCUT2D eigenvalue weighted by molar-refractivity contribution is 5.84. The molecule has 110 valence electrons. The maximum atomic E-state index is 12.0. The largest absolute Gasteiger partial charge is 0.481 e. The van der Waals surface area contributed by atoms with E-state index in [2.05, 4.69) is 10.3 Å². The van der Waals surface area contributed by atoms with Gasteiger partial charge in [-0.15, -0.1) is 0 Å². The Kier molecular flexibility index (Phi) is 5.67. The van der Waals surface area contributed by atoms with Crippen molar-refractivity contribution >= 4 is 11.9 Å². The van der Waals surface area contributed by atoms with Gasteiger partial charge in [0.25, 0.3) is 0 Å². The van der Waals surface area contributed by atoms with E-state index in [0.717, 1.165) is 11.1 Å². The average molecular weight is 278 g/mol. The molecule has 1 aromatic heterocycles. The van der Waals surface area contributed by atoms with Crippen molar-refractivity contribution in [2.45, 2.75) is 46.6 Å². The van der Waals surface area contributed by atoms with Crippen LogP contribution in [-0.4, -0.2) is 22.0 Å². The number of aromatic nitrogens is 1. The molecule has 1 amide bonds. The van der Waals surface area contributed by atoms with E-state index in [4.69, 9.17) is 0 Å². The molecule has 0 spiro atoms. The quantitative estimate of drug-likeness (QED) is 0.802. The van der Waals surface area contributed by atoms with Crippen LogP contribution in [0.5, 0.6) is 0 Å². The first-order valence-corrected chi connectivity index (χ1v) is 6.84. The number of carbonyl (C=O) groups excluding carboxylic acids is 1. The molecule has 2 N–H and O–H groups in total. The third-order valence-electron chi connectivity index (χ3n) is 3.92. The number of carbonyl (C=O) groups is 2. The lowest BCUT2D eigenvalue weighted by Gasteiger charge is -2.25. The van der Waals surface area contributed by atoms with Crippen LogP contribution in [0.1, 0.15) is 44.2 Å². The Morgan fingerprint density at radius 3 is 2.50 bits per heavy atom. The van der Waals surface area contributed by atoms with Gasteiger partial charge in [0, 0.05) is 25.4 Å². The van der Waals surface area contributed by atoms with Crippen molar-refractivity contribution in [1.82, 2.24) is 10.3 Å².